The first-order valence-electron chi connectivity index (χ1n) is 7.18. The zero-order chi connectivity index (χ0) is 18.4. The summed E-state index contributed by atoms with van der Waals surface area (Å²) >= 11 is 3.79. The van der Waals surface area contributed by atoms with E-state index in [-0.39, 0.29) is 17.4 Å². The first-order chi connectivity index (χ1) is 11.8. The summed E-state index contributed by atoms with van der Waals surface area (Å²) in [4.78, 5) is 34.5. The first-order valence-corrected chi connectivity index (χ1v) is 9.86. The van der Waals surface area contributed by atoms with Gasteiger partial charge in [0, 0.05) is 11.3 Å². The molecule has 7 nitrogen and oxygen atoms in total. The molecule has 0 fully saturated rings. The van der Waals surface area contributed by atoms with Crippen molar-refractivity contribution in [3.05, 3.63) is 29.8 Å². The van der Waals surface area contributed by atoms with Gasteiger partial charge in [0.25, 0.3) is 0 Å². The number of nitrogens with two attached hydrogens (primary N) is 1. The SMILES string of the molecule is CC(=O)c1cccc(NC(=O)[C@@H](C)Sc2nnc(SCC(N)=O)s2)c1. The summed E-state index contributed by atoms with van der Waals surface area (Å²) in [5.74, 6) is -0.544. The van der Waals surface area contributed by atoms with Gasteiger partial charge in [0.2, 0.25) is 11.8 Å². The summed E-state index contributed by atoms with van der Waals surface area (Å²) in [7, 11) is 0. The zero-order valence-electron chi connectivity index (χ0n) is 13.5. The lowest BCUT2D eigenvalue weighted by atomic mass is 10.1. The van der Waals surface area contributed by atoms with Crippen LogP contribution in [0.1, 0.15) is 24.2 Å². The highest BCUT2D eigenvalue weighted by Gasteiger charge is 2.18. The number of amides is 2. The van der Waals surface area contributed by atoms with Crippen LogP contribution in [0.2, 0.25) is 0 Å². The van der Waals surface area contributed by atoms with Gasteiger partial charge < -0.3 is 11.1 Å². The number of benzene rings is 1. The number of hydrogen-bond donors (Lipinski definition) is 2. The molecule has 3 N–H and O–H groups in total. The molecule has 0 aliphatic rings. The average Bonchev–Trinajstić information content (AvgIpc) is 3.00. The molecule has 1 atom stereocenters. The molecule has 132 valence electrons. The number of rotatable bonds is 8. The molecule has 1 aromatic carbocycles. The summed E-state index contributed by atoms with van der Waals surface area (Å²) in [6, 6.07) is 6.78. The number of ketones is 1. The Balaban J connectivity index is 1.93. The van der Waals surface area contributed by atoms with Crippen molar-refractivity contribution in [1.82, 2.24) is 10.2 Å². The Morgan fingerprint density at radius 2 is 2.00 bits per heavy atom. The van der Waals surface area contributed by atoms with E-state index in [1.165, 1.54) is 41.8 Å². The Morgan fingerprint density at radius 1 is 1.28 bits per heavy atom. The summed E-state index contributed by atoms with van der Waals surface area (Å²) in [6.45, 7) is 3.23. The largest absolute Gasteiger partial charge is 0.369 e. The van der Waals surface area contributed by atoms with Crippen molar-refractivity contribution in [2.75, 3.05) is 11.1 Å². The smallest absolute Gasteiger partial charge is 0.237 e. The first kappa shape index (κ1) is 19.4. The van der Waals surface area contributed by atoms with E-state index in [9.17, 15) is 14.4 Å². The van der Waals surface area contributed by atoms with Crippen LogP contribution in [0.4, 0.5) is 5.69 Å². The van der Waals surface area contributed by atoms with E-state index in [2.05, 4.69) is 15.5 Å². The van der Waals surface area contributed by atoms with Gasteiger partial charge in [-0.1, -0.05) is 47.0 Å². The van der Waals surface area contributed by atoms with E-state index in [1.54, 1.807) is 31.2 Å². The minimum atomic E-state index is -0.421. The third-order valence-corrected chi connectivity index (χ3v) is 6.17. The number of thioether (sulfide) groups is 2. The monoisotopic (exact) mass is 396 g/mol. The van der Waals surface area contributed by atoms with Crippen LogP contribution in [-0.4, -0.2) is 38.8 Å². The molecule has 0 radical (unpaired) electrons. The van der Waals surface area contributed by atoms with Gasteiger partial charge >= 0.3 is 0 Å². The van der Waals surface area contributed by atoms with Crippen LogP contribution in [0.5, 0.6) is 0 Å². The molecular weight excluding hydrogens is 380 g/mol. The Kier molecular flexibility index (Phi) is 6.97. The Labute approximate surface area is 157 Å². The Bertz CT molecular complexity index is 794. The number of nitrogens with one attached hydrogen (secondary N) is 1. The van der Waals surface area contributed by atoms with Crippen molar-refractivity contribution in [2.45, 2.75) is 27.8 Å². The second-order valence-electron chi connectivity index (χ2n) is 4.98. The normalized spacial score (nSPS) is 11.8. The molecule has 10 heteroatoms. The van der Waals surface area contributed by atoms with Crippen LogP contribution in [0.25, 0.3) is 0 Å². The summed E-state index contributed by atoms with van der Waals surface area (Å²) in [5, 5.41) is 10.3. The number of aromatic nitrogens is 2. The Hall–Kier alpha value is -1.91. The highest BCUT2D eigenvalue weighted by molar-refractivity contribution is 8.04. The van der Waals surface area contributed by atoms with Crippen LogP contribution < -0.4 is 11.1 Å². The lowest BCUT2D eigenvalue weighted by Crippen LogP contribution is -2.22. The standard InChI is InChI=1S/C15H16N4O3S3/c1-8(20)10-4-3-5-11(6-10)17-13(22)9(2)24-15-19-18-14(25-15)23-7-12(16)21/h3-6,9H,7H2,1-2H3,(H2,16,21)(H,17,22)/t9-/m1/s1. The third kappa shape index (κ3) is 6.15. The molecule has 1 aromatic heterocycles. The molecule has 0 unspecified atom stereocenters. The van der Waals surface area contributed by atoms with E-state index in [0.29, 0.717) is 19.9 Å². The topological polar surface area (TPSA) is 115 Å². The highest BCUT2D eigenvalue weighted by atomic mass is 32.2. The molecule has 2 rings (SSSR count). The van der Waals surface area contributed by atoms with Gasteiger partial charge in [-0.15, -0.1) is 10.2 Å². The average molecular weight is 397 g/mol. The van der Waals surface area contributed by atoms with Gasteiger partial charge in [-0.3, -0.25) is 14.4 Å². The van der Waals surface area contributed by atoms with Crippen molar-refractivity contribution < 1.29 is 14.4 Å². The number of hydrogen-bond acceptors (Lipinski definition) is 8. The predicted molar refractivity (Wildman–Crippen MR) is 100 cm³/mol. The molecule has 25 heavy (non-hydrogen) atoms. The molecule has 0 aliphatic carbocycles. The maximum Gasteiger partial charge on any atom is 0.237 e. The lowest BCUT2D eigenvalue weighted by Gasteiger charge is -2.10. The van der Waals surface area contributed by atoms with Crippen molar-refractivity contribution in [3.63, 3.8) is 0 Å². The Morgan fingerprint density at radius 3 is 2.68 bits per heavy atom. The van der Waals surface area contributed by atoms with Crippen LogP contribution in [0, 0.1) is 0 Å². The van der Waals surface area contributed by atoms with Gasteiger partial charge in [-0.05, 0) is 26.0 Å². The second-order valence-corrected chi connectivity index (χ2v) is 8.76. The maximum atomic E-state index is 12.3. The van der Waals surface area contributed by atoms with E-state index >= 15 is 0 Å². The van der Waals surface area contributed by atoms with E-state index in [1.807, 2.05) is 0 Å². The van der Waals surface area contributed by atoms with Crippen LogP contribution in [0.15, 0.2) is 32.9 Å². The van der Waals surface area contributed by atoms with E-state index < -0.39 is 11.2 Å². The summed E-state index contributed by atoms with van der Waals surface area (Å²) in [6.07, 6.45) is 0. The van der Waals surface area contributed by atoms with Crippen LogP contribution in [-0.2, 0) is 9.59 Å². The summed E-state index contributed by atoms with van der Waals surface area (Å²) < 4.78 is 1.26. The van der Waals surface area contributed by atoms with Gasteiger partial charge in [0.1, 0.15) is 0 Å². The van der Waals surface area contributed by atoms with E-state index in [4.69, 9.17) is 5.73 Å². The third-order valence-electron chi connectivity index (χ3n) is 2.91. The minimum Gasteiger partial charge on any atom is -0.369 e. The van der Waals surface area contributed by atoms with Gasteiger partial charge in [0.05, 0.1) is 11.0 Å². The molecule has 0 bridgehead atoms. The quantitative estimate of drug-likeness (QED) is 0.520. The number of carbonyl (C=O) groups is 3. The molecular formula is C15H16N4O3S3. The number of nitrogens with zero attached hydrogens (tertiary/aromatic N) is 2. The minimum absolute atomic E-state index is 0.0617. The molecule has 2 amide bonds. The van der Waals surface area contributed by atoms with Crippen LogP contribution >= 0.6 is 34.9 Å². The van der Waals surface area contributed by atoms with Gasteiger partial charge in [-0.25, -0.2) is 0 Å². The fraction of sp³-hybridized carbons (Fsp3) is 0.267. The van der Waals surface area contributed by atoms with Gasteiger partial charge in [-0.2, -0.15) is 0 Å². The maximum absolute atomic E-state index is 12.3. The molecule has 0 saturated heterocycles. The summed E-state index contributed by atoms with van der Waals surface area (Å²) in [5.41, 5.74) is 6.20. The zero-order valence-corrected chi connectivity index (χ0v) is 16.0. The fourth-order valence-electron chi connectivity index (χ4n) is 1.70. The number of primary amides is 1. The highest BCUT2D eigenvalue weighted by Crippen LogP contribution is 2.31. The van der Waals surface area contributed by atoms with Gasteiger partial charge in [0.15, 0.2) is 14.5 Å². The molecule has 0 saturated carbocycles. The van der Waals surface area contributed by atoms with Crippen molar-refractivity contribution in [3.8, 4) is 0 Å². The van der Waals surface area contributed by atoms with Crippen molar-refractivity contribution in [1.29, 1.82) is 0 Å². The fourth-order valence-corrected chi connectivity index (χ4v) is 4.60. The number of carbonyl (C=O) groups excluding carboxylic acids is 3. The second kappa shape index (κ2) is 8.97. The molecule has 1 heterocycles. The van der Waals surface area contributed by atoms with E-state index in [0.717, 1.165) is 0 Å². The number of anilines is 1. The van der Waals surface area contributed by atoms with Crippen molar-refractivity contribution in [2.24, 2.45) is 5.73 Å². The number of Topliss-reactive ketones (excluding diaryl/α,β-unsaturated/α-hetero) is 1. The van der Waals surface area contributed by atoms with Crippen LogP contribution in [0.3, 0.4) is 0 Å². The predicted octanol–water partition coefficient (Wildman–Crippen LogP) is 2.44. The molecule has 2 aromatic rings. The molecule has 0 aliphatic heterocycles. The van der Waals surface area contributed by atoms with Crippen molar-refractivity contribution >= 4 is 58.1 Å². The molecule has 0 spiro atoms. The lowest BCUT2D eigenvalue weighted by molar-refractivity contribution is -0.116.